The fourth-order valence-electron chi connectivity index (χ4n) is 2.80. The van der Waals surface area contributed by atoms with E-state index >= 15 is 0 Å². The summed E-state index contributed by atoms with van der Waals surface area (Å²) in [5.41, 5.74) is 2.02. The van der Waals surface area contributed by atoms with Gasteiger partial charge in [-0.05, 0) is 42.0 Å². The highest BCUT2D eigenvalue weighted by molar-refractivity contribution is 6.31. The Bertz CT molecular complexity index is 1130. The van der Waals surface area contributed by atoms with Gasteiger partial charge in [0.2, 0.25) is 0 Å². The van der Waals surface area contributed by atoms with Gasteiger partial charge in [0.1, 0.15) is 17.9 Å². The normalized spacial score (nSPS) is 10.8. The molecule has 0 bridgehead atoms. The minimum absolute atomic E-state index is 0.190. The molecule has 0 unspecified atom stereocenters. The first-order valence-corrected chi connectivity index (χ1v) is 9.02. The molecule has 0 radical (unpaired) electrons. The standard InChI is InChI=1S/C22H17ClN2O3/c23-17-7-4-8-18(12-17)25(26)22(24)21-11-16-9-10-19(13-20(16)28-21)27-14-15-5-2-1-3-6-15/h1-13,24,26H,14H2. The molecule has 3 aromatic carbocycles. The molecule has 140 valence electrons. The van der Waals surface area contributed by atoms with Crippen molar-refractivity contribution < 1.29 is 14.4 Å². The molecule has 4 aromatic rings. The van der Waals surface area contributed by atoms with Crippen molar-refractivity contribution in [2.45, 2.75) is 6.61 Å². The van der Waals surface area contributed by atoms with Crippen molar-refractivity contribution in [3.63, 3.8) is 0 Å². The largest absolute Gasteiger partial charge is 0.489 e. The molecule has 0 saturated heterocycles. The number of nitrogens with one attached hydrogen (secondary N) is 1. The zero-order chi connectivity index (χ0) is 19.5. The summed E-state index contributed by atoms with van der Waals surface area (Å²) in [4.78, 5) is 0. The Kier molecular flexibility index (Phi) is 5.02. The van der Waals surface area contributed by atoms with Crippen molar-refractivity contribution in [3.05, 3.63) is 95.2 Å². The average Bonchev–Trinajstić information content (AvgIpc) is 3.15. The molecule has 6 heteroatoms. The number of hydroxylamine groups is 1. The molecule has 2 N–H and O–H groups in total. The third kappa shape index (κ3) is 3.86. The van der Waals surface area contributed by atoms with Gasteiger partial charge in [-0.15, -0.1) is 0 Å². The number of amidine groups is 1. The smallest absolute Gasteiger partial charge is 0.193 e. The van der Waals surface area contributed by atoms with Crippen LogP contribution in [0.2, 0.25) is 5.02 Å². The van der Waals surface area contributed by atoms with Crippen molar-refractivity contribution in [3.8, 4) is 5.75 Å². The summed E-state index contributed by atoms with van der Waals surface area (Å²) in [6.07, 6.45) is 0. The van der Waals surface area contributed by atoms with Gasteiger partial charge in [-0.25, -0.2) is 5.06 Å². The lowest BCUT2D eigenvalue weighted by molar-refractivity contribution is 0.306. The van der Waals surface area contributed by atoms with Crippen molar-refractivity contribution in [2.24, 2.45) is 0 Å². The Hall–Kier alpha value is -3.28. The molecule has 0 spiro atoms. The third-order valence-corrected chi connectivity index (χ3v) is 4.47. The predicted molar refractivity (Wildman–Crippen MR) is 110 cm³/mol. The first-order chi connectivity index (χ1) is 13.6. The Morgan fingerprint density at radius 2 is 1.82 bits per heavy atom. The van der Waals surface area contributed by atoms with E-state index in [0.29, 0.717) is 28.6 Å². The number of benzene rings is 3. The number of furan rings is 1. The van der Waals surface area contributed by atoms with E-state index in [0.717, 1.165) is 16.0 Å². The topological polar surface area (TPSA) is 69.7 Å². The van der Waals surface area contributed by atoms with E-state index in [1.54, 1.807) is 36.4 Å². The maximum Gasteiger partial charge on any atom is 0.193 e. The molecule has 5 nitrogen and oxygen atoms in total. The van der Waals surface area contributed by atoms with Crippen LogP contribution in [-0.4, -0.2) is 11.0 Å². The van der Waals surface area contributed by atoms with Crippen LogP contribution in [0.15, 0.2) is 83.3 Å². The monoisotopic (exact) mass is 392 g/mol. The minimum Gasteiger partial charge on any atom is -0.489 e. The lowest BCUT2D eigenvalue weighted by Gasteiger charge is -2.15. The maximum absolute atomic E-state index is 10.3. The summed E-state index contributed by atoms with van der Waals surface area (Å²) in [5, 5.41) is 20.6. The number of hydrogen-bond acceptors (Lipinski definition) is 4. The molecule has 0 fully saturated rings. The Labute approximate surface area is 166 Å². The molecule has 0 aliphatic rings. The van der Waals surface area contributed by atoms with E-state index in [1.807, 2.05) is 42.5 Å². The van der Waals surface area contributed by atoms with Gasteiger partial charge in [-0.2, -0.15) is 0 Å². The van der Waals surface area contributed by atoms with E-state index in [1.165, 1.54) is 0 Å². The number of rotatable bonds is 5. The fourth-order valence-corrected chi connectivity index (χ4v) is 2.98. The summed E-state index contributed by atoms with van der Waals surface area (Å²) >= 11 is 5.95. The lowest BCUT2D eigenvalue weighted by Crippen LogP contribution is -2.26. The van der Waals surface area contributed by atoms with Crippen LogP contribution in [0.5, 0.6) is 5.75 Å². The zero-order valence-corrected chi connectivity index (χ0v) is 15.6. The van der Waals surface area contributed by atoms with Crippen LogP contribution in [0.4, 0.5) is 5.69 Å². The summed E-state index contributed by atoms with van der Waals surface area (Å²) in [6, 6.07) is 23.7. The highest BCUT2D eigenvalue weighted by Crippen LogP contribution is 2.27. The quantitative estimate of drug-likeness (QED) is 0.252. The fraction of sp³-hybridized carbons (Fsp3) is 0.0455. The molecule has 0 aliphatic carbocycles. The van der Waals surface area contributed by atoms with Crippen molar-refractivity contribution in [1.82, 2.24) is 0 Å². The molecule has 0 atom stereocenters. The molecule has 28 heavy (non-hydrogen) atoms. The van der Waals surface area contributed by atoms with Gasteiger partial charge in [0.15, 0.2) is 11.6 Å². The molecule has 1 heterocycles. The van der Waals surface area contributed by atoms with Gasteiger partial charge in [0, 0.05) is 16.5 Å². The number of anilines is 1. The van der Waals surface area contributed by atoms with Gasteiger partial charge < -0.3 is 9.15 Å². The van der Waals surface area contributed by atoms with Gasteiger partial charge in [0.25, 0.3) is 0 Å². The molecule has 1 aromatic heterocycles. The van der Waals surface area contributed by atoms with Crippen LogP contribution in [0.25, 0.3) is 11.0 Å². The number of halogens is 1. The van der Waals surface area contributed by atoms with E-state index in [4.69, 9.17) is 26.2 Å². The predicted octanol–water partition coefficient (Wildman–Crippen LogP) is 5.89. The van der Waals surface area contributed by atoms with Gasteiger partial charge in [-0.1, -0.05) is 48.0 Å². The summed E-state index contributed by atoms with van der Waals surface area (Å²) < 4.78 is 11.6. The Morgan fingerprint density at radius 1 is 1.00 bits per heavy atom. The van der Waals surface area contributed by atoms with Crippen LogP contribution >= 0.6 is 11.6 Å². The molecule has 0 aliphatic heterocycles. The molecule has 4 rings (SSSR count). The van der Waals surface area contributed by atoms with E-state index in [2.05, 4.69) is 0 Å². The highest BCUT2D eigenvalue weighted by atomic mass is 35.5. The lowest BCUT2D eigenvalue weighted by atomic mass is 10.2. The van der Waals surface area contributed by atoms with E-state index < -0.39 is 0 Å². The van der Waals surface area contributed by atoms with Crippen LogP contribution in [0.3, 0.4) is 0 Å². The van der Waals surface area contributed by atoms with Crippen LogP contribution < -0.4 is 9.80 Å². The number of fused-ring (bicyclic) bond motifs is 1. The van der Waals surface area contributed by atoms with Gasteiger partial charge in [0.05, 0.1) is 5.69 Å². The van der Waals surface area contributed by atoms with E-state index in [-0.39, 0.29) is 11.6 Å². The Balaban J connectivity index is 1.53. The van der Waals surface area contributed by atoms with Crippen molar-refractivity contribution >= 4 is 34.1 Å². The van der Waals surface area contributed by atoms with Gasteiger partial charge >= 0.3 is 0 Å². The first kappa shape index (κ1) is 18.1. The Morgan fingerprint density at radius 3 is 2.61 bits per heavy atom. The van der Waals surface area contributed by atoms with E-state index in [9.17, 15) is 5.21 Å². The maximum atomic E-state index is 10.3. The molecular formula is C22H17ClN2O3. The molecule has 0 saturated carbocycles. The second-order valence-corrected chi connectivity index (χ2v) is 6.66. The average molecular weight is 393 g/mol. The SMILES string of the molecule is N=C(c1cc2ccc(OCc3ccccc3)cc2o1)N(O)c1cccc(Cl)c1. The zero-order valence-electron chi connectivity index (χ0n) is 14.8. The summed E-state index contributed by atoms with van der Waals surface area (Å²) in [7, 11) is 0. The van der Waals surface area contributed by atoms with Gasteiger partial charge in [-0.3, -0.25) is 10.6 Å². The molecular weight excluding hydrogens is 376 g/mol. The van der Waals surface area contributed by atoms with Crippen molar-refractivity contribution in [2.75, 3.05) is 5.06 Å². The third-order valence-electron chi connectivity index (χ3n) is 4.24. The second-order valence-electron chi connectivity index (χ2n) is 6.22. The number of ether oxygens (including phenoxy) is 1. The number of hydrogen-bond donors (Lipinski definition) is 2. The van der Waals surface area contributed by atoms with Crippen LogP contribution in [0, 0.1) is 5.41 Å². The summed E-state index contributed by atoms with van der Waals surface area (Å²) in [6.45, 7) is 0.453. The van der Waals surface area contributed by atoms with Crippen LogP contribution in [0.1, 0.15) is 11.3 Å². The number of nitrogens with zero attached hydrogens (tertiary/aromatic N) is 1. The second kappa shape index (κ2) is 7.76. The van der Waals surface area contributed by atoms with Crippen molar-refractivity contribution in [1.29, 1.82) is 5.41 Å². The first-order valence-electron chi connectivity index (χ1n) is 8.64. The molecule has 0 amide bonds. The highest BCUT2D eigenvalue weighted by Gasteiger charge is 2.17. The minimum atomic E-state index is -0.190. The summed E-state index contributed by atoms with van der Waals surface area (Å²) in [5.74, 6) is 0.711. The van der Waals surface area contributed by atoms with Crippen LogP contribution in [-0.2, 0) is 6.61 Å².